The van der Waals surface area contributed by atoms with Crippen molar-refractivity contribution in [3.8, 4) is 17.0 Å². The molecule has 0 radical (unpaired) electrons. The number of fused-ring (bicyclic) bond motifs is 3. The van der Waals surface area contributed by atoms with E-state index in [2.05, 4.69) is 15.3 Å². The van der Waals surface area contributed by atoms with Gasteiger partial charge in [0.05, 0.1) is 37.0 Å². The molecule has 0 saturated carbocycles. The van der Waals surface area contributed by atoms with Crippen LogP contribution in [0.25, 0.3) is 11.3 Å². The Morgan fingerprint density at radius 3 is 2.49 bits per heavy atom. The number of aryl methyl sites for hydroxylation is 1. The standard InChI is InChI=1S/C27H24N4O4S2/c1-18-7-9-19(10-8-18)16-31-23-6-4-3-5-22(23)26-24(37(31,33)34)15-28-27(30-26)36-17-25(32)29-20-11-13-21(35-2)14-12-20/h3-15H,16-17H2,1-2H3,(H,29,32). The minimum absolute atomic E-state index is 0.0466. The molecule has 1 amide bonds. The summed E-state index contributed by atoms with van der Waals surface area (Å²) in [6, 6.07) is 22.1. The summed E-state index contributed by atoms with van der Waals surface area (Å²) in [5.41, 5.74) is 4.22. The number of anilines is 2. The van der Waals surface area contributed by atoms with Gasteiger partial charge in [-0.3, -0.25) is 9.10 Å². The molecular weight excluding hydrogens is 508 g/mol. The number of nitrogens with one attached hydrogen (secondary N) is 1. The van der Waals surface area contributed by atoms with E-state index in [9.17, 15) is 13.2 Å². The fourth-order valence-electron chi connectivity index (χ4n) is 3.98. The van der Waals surface area contributed by atoms with E-state index in [0.29, 0.717) is 33.5 Å². The monoisotopic (exact) mass is 532 g/mol. The molecule has 0 aliphatic carbocycles. The number of carbonyl (C=O) groups excluding carboxylic acids is 1. The normalized spacial score (nSPS) is 13.4. The third kappa shape index (κ3) is 5.16. The summed E-state index contributed by atoms with van der Waals surface area (Å²) in [4.78, 5) is 21.3. The Bertz CT molecular complexity index is 1560. The number of nitrogens with zero attached hydrogens (tertiary/aromatic N) is 3. The minimum atomic E-state index is -3.89. The molecule has 5 rings (SSSR count). The predicted octanol–water partition coefficient (Wildman–Crippen LogP) is 4.90. The first-order chi connectivity index (χ1) is 17.8. The highest BCUT2D eigenvalue weighted by molar-refractivity contribution is 7.99. The summed E-state index contributed by atoms with van der Waals surface area (Å²) in [6.07, 6.45) is 1.33. The second-order valence-electron chi connectivity index (χ2n) is 8.45. The summed E-state index contributed by atoms with van der Waals surface area (Å²) in [5.74, 6) is 0.537. The molecule has 3 aromatic carbocycles. The van der Waals surface area contributed by atoms with Gasteiger partial charge < -0.3 is 10.1 Å². The quantitative estimate of drug-likeness (QED) is 0.267. The highest BCUT2D eigenvalue weighted by Crippen LogP contribution is 2.42. The van der Waals surface area contributed by atoms with Crippen LogP contribution in [0, 0.1) is 6.92 Å². The lowest BCUT2D eigenvalue weighted by Crippen LogP contribution is -2.34. The molecule has 0 bridgehead atoms. The van der Waals surface area contributed by atoms with Crippen molar-refractivity contribution >= 4 is 39.1 Å². The Morgan fingerprint density at radius 1 is 1.03 bits per heavy atom. The van der Waals surface area contributed by atoms with E-state index in [0.717, 1.165) is 22.9 Å². The number of hydrogen-bond acceptors (Lipinski definition) is 7. The highest BCUT2D eigenvalue weighted by atomic mass is 32.2. The average molecular weight is 533 g/mol. The molecule has 0 unspecified atom stereocenters. The lowest BCUT2D eigenvalue weighted by Gasteiger charge is -2.31. The molecule has 37 heavy (non-hydrogen) atoms. The van der Waals surface area contributed by atoms with Gasteiger partial charge >= 0.3 is 0 Å². The number of aromatic nitrogens is 2. The van der Waals surface area contributed by atoms with Crippen LogP contribution in [0.3, 0.4) is 0 Å². The first kappa shape index (κ1) is 24.8. The second kappa shape index (κ2) is 10.2. The zero-order valence-corrected chi connectivity index (χ0v) is 21.8. The maximum absolute atomic E-state index is 13.6. The van der Waals surface area contributed by atoms with Crippen molar-refractivity contribution in [1.82, 2.24) is 9.97 Å². The van der Waals surface area contributed by atoms with Crippen LogP contribution in [0.4, 0.5) is 11.4 Å². The number of rotatable bonds is 7. The number of benzene rings is 3. The van der Waals surface area contributed by atoms with Gasteiger partial charge in [-0.05, 0) is 42.8 Å². The molecule has 0 saturated heterocycles. The molecule has 1 N–H and O–H groups in total. The Morgan fingerprint density at radius 2 is 1.76 bits per heavy atom. The number of ether oxygens (including phenoxy) is 1. The summed E-state index contributed by atoms with van der Waals surface area (Å²) >= 11 is 1.14. The van der Waals surface area contributed by atoms with Gasteiger partial charge in [0.15, 0.2) is 5.16 Å². The first-order valence-corrected chi connectivity index (χ1v) is 13.9. The molecule has 1 aromatic heterocycles. The van der Waals surface area contributed by atoms with E-state index < -0.39 is 10.0 Å². The van der Waals surface area contributed by atoms with Crippen molar-refractivity contribution in [2.75, 3.05) is 22.5 Å². The zero-order valence-electron chi connectivity index (χ0n) is 20.2. The lowest BCUT2D eigenvalue weighted by molar-refractivity contribution is -0.113. The summed E-state index contributed by atoms with van der Waals surface area (Å²) < 4.78 is 33.8. The smallest absolute Gasteiger partial charge is 0.268 e. The van der Waals surface area contributed by atoms with Gasteiger partial charge in [-0.25, -0.2) is 18.4 Å². The Balaban J connectivity index is 1.38. The summed E-state index contributed by atoms with van der Waals surface area (Å²) in [5, 5.41) is 3.13. The molecule has 188 valence electrons. The zero-order chi connectivity index (χ0) is 26.0. The minimum Gasteiger partial charge on any atom is -0.497 e. The van der Waals surface area contributed by atoms with E-state index >= 15 is 0 Å². The van der Waals surface area contributed by atoms with E-state index in [1.165, 1.54) is 10.5 Å². The van der Waals surface area contributed by atoms with E-state index in [1.54, 1.807) is 37.4 Å². The van der Waals surface area contributed by atoms with Crippen molar-refractivity contribution in [1.29, 1.82) is 0 Å². The molecular formula is C27H24N4O4S2. The number of hydrogen-bond donors (Lipinski definition) is 1. The number of thioether (sulfide) groups is 1. The van der Waals surface area contributed by atoms with E-state index in [1.807, 2.05) is 49.4 Å². The van der Waals surface area contributed by atoms with Gasteiger partial charge in [-0.1, -0.05) is 59.8 Å². The number of para-hydroxylation sites is 1. The highest BCUT2D eigenvalue weighted by Gasteiger charge is 2.36. The van der Waals surface area contributed by atoms with Crippen LogP contribution < -0.4 is 14.4 Å². The first-order valence-electron chi connectivity index (χ1n) is 11.5. The molecule has 1 aliphatic rings. The Labute approximate surface area is 219 Å². The molecule has 0 spiro atoms. The number of amides is 1. The summed E-state index contributed by atoms with van der Waals surface area (Å²) in [7, 11) is -2.31. The van der Waals surface area contributed by atoms with Gasteiger partial charge in [-0.2, -0.15) is 0 Å². The van der Waals surface area contributed by atoms with Crippen molar-refractivity contribution in [2.45, 2.75) is 23.5 Å². The van der Waals surface area contributed by atoms with Gasteiger partial charge in [0, 0.05) is 11.3 Å². The van der Waals surface area contributed by atoms with Gasteiger partial charge in [-0.15, -0.1) is 0 Å². The van der Waals surface area contributed by atoms with Gasteiger partial charge in [0.1, 0.15) is 10.6 Å². The topological polar surface area (TPSA) is 101 Å². The van der Waals surface area contributed by atoms with E-state index in [-0.39, 0.29) is 23.1 Å². The third-order valence-corrected chi connectivity index (χ3v) is 8.50. The molecule has 2 heterocycles. The predicted molar refractivity (Wildman–Crippen MR) is 144 cm³/mol. The second-order valence-corrected chi connectivity index (χ2v) is 11.2. The van der Waals surface area contributed by atoms with Crippen molar-refractivity contribution in [3.05, 3.63) is 90.1 Å². The van der Waals surface area contributed by atoms with Crippen LogP contribution in [0.5, 0.6) is 5.75 Å². The number of sulfonamides is 1. The average Bonchev–Trinajstić information content (AvgIpc) is 2.91. The third-order valence-electron chi connectivity index (χ3n) is 5.88. The van der Waals surface area contributed by atoms with E-state index in [4.69, 9.17) is 4.74 Å². The van der Waals surface area contributed by atoms with Crippen LogP contribution in [0.1, 0.15) is 11.1 Å². The Kier molecular flexibility index (Phi) is 6.86. The van der Waals surface area contributed by atoms with Gasteiger partial charge in [0.2, 0.25) is 5.91 Å². The fourth-order valence-corrected chi connectivity index (χ4v) is 6.15. The van der Waals surface area contributed by atoms with Crippen LogP contribution in [0.15, 0.2) is 89.0 Å². The molecule has 8 nitrogen and oxygen atoms in total. The van der Waals surface area contributed by atoms with Crippen LogP contribution in [-0.2, 0) is 21.4 Å². The lowest BCUT2D eigenvalue weighted by atomic mass is 10.1. The molecule has 1 aliphatic heterocycles. The Hall–Kier alpha value is -3.89. The largest absolute Gasteiger partial charge is 0.497 e. The van der Waals surface area contributed by atoms with Gasteiger partial charge in [0.25, 0.3) is 10.0 Å². The number of carbonyl (C=O) groups is 1. The van der Waals surface area contributed by atoms with Crippen molar-refractivity contribution in [2.24, 2.45) is 0 Å². The summed E-state index contributed by atoms with van der Waals surface area (Å²) in [6.45, 7) is 2.18. The maximum atomic E-state index is 13.6. The SMILES string of the molecule is COc1ccc(NC(=O)CSc2ncc3c(n2)-c2ccccc2N(Cc2ccc(C)cc2)S3(=O)=O)cc1. The molecule has 4 aromatic rings. The van der Waals surface area contributed by atoms with Crippen LogP contribution >= 0.6 is 11.8 Å². The van der Waals surface area contributed by atoms with Crippen molar-refractivity contribution in [3.63, 3.8) is 0 Å². The van der Waals surface area contributed by atoms with Crippen LogP contribution in [0.2, 0.25) is 0 Å². The van der Waals surface area contributed by atoms with Crippen LogP contribution in [-0.4, -0.2) is 37.2 Å². The molecule has 0 atom stereocenters. The fraction of sp³-hybridized carbons (Fsp3) is 0.148. The maximum Gasteiger partial charge on any atom is 0.268 e. The number of methoxy groups -OCH3 is 1. The van der Waals surface area contributed by atoms with Crippen molar-refractivity contribution < 1.29 is 17.9 Å². The molecule has 10 heteroatoms. The molecule has 0 fully saturated rings.